The van der Waals surface area contributed by atoms with Crippen molar-refractivity contribution in [3.63, 3.8) is 0 Å². The number of hydrogen-bond donors (Lipinski definition) is 2. The van der Waals surface area contributed by atoms with Crippen LogP contribution in [-0.4, -0.2) is 47.8 Å². The molecule has 3 amide bonds. The summed E-state index contributed by atoms with van der Waals surface area (Å²) in [5, 5.41) is 5.90. The van der Waals surface area contributed by atoms with Crippen LogP contribution in [0.4, 0.5) is 9.59 Å². The van der Waals surface area contributed by atoms with Crippen molar-refractivity contribution in [2.24, 2.45) is 0 Å². The third-order valence-electron chi connectivity index (χ3n) is 3.75. The van der Waals surface area contributed by atoms with Crippen LogP contribution in [0, 0.1) is 0 Å². The molecule has 6 nitrogen and oxygen atoms in total. The van der Waals surface area contributed by atoms with E-state index in [0.717, 1.165) is 12.8 Å². The lowest BCUT2D eigenvalue weighted by Crippen LogP contribution is -2.55. The Hall–Kier alpha value is -1.46. The molecule has 0 aromatic carbocycles. The lowest BCUT2D eigenvalue weighted by molar-refractivity contribution is 0.0458. The van der Waals surface area contributed by atoms with Crippen molar-refractivity contribution in [3.05, 3.63) is 0 Å². The Labute approximate surface area is 140 Å². The molecular formula is C17H33N3O3. The minimum atomic E-state index is -0.568. The molecule has 1 rings (SSSR count). The van der Waals surface area contributed by atoms with Gasteiger partial charge < -0.3 is 20.3 Å². The van der Waals surface area contributed by atoms with Crippen LogP contribution in [0.25, 0.3) is 0 Å². The maximum Gasteiger partial charge on any atom is 0.408 e. The Balaban J connectivity index is 2.44. The molecule has 0 spiro atoms. The van der Waals surface area contributed by atoms with Gasteiger partial charge >= 0.3 is 12.1 Å². The van der Waals surface area contributed by atoms with Crippen LogP contribution in [-0.2, 0) is 4.74 Å². The summed E-state index contributed by atoms with van der Waals surface area (Å²) in [5.74, 6) is 0. The number of nitrogens with one attached hydrogen (secondary N) is 2. The van der Waals surface area contributed by atoms with Crippen molar-refractivity contribution >= 4 is 12.1 Å². The van der Waals surface area contributed by atoms with Crippen LogP contribution < -0.4 is 10.6 Å². The molecule has 134 valence electrons. The van der Waals surface area contributed by atoms with Gasteiger partial charge in [-0.05, 0) is 47.5 Å². The zero-order chi connectivity index (χ0) is 17.7. The van der Waals surface area contributed by atoms with Crippen molar-refractivity contribution in [1.29, 1.82) is 0 Å². The third-order valence-corrected chi connectivity index (χ3v) is 3.75. The van der Waals surface area contributed by atoms with Crippen molar-refractivity contribution in [2.45, 2.75) is 83.9 Å². The highest BCUT2D eigenvalue weighted by molar-refractivity contribution is 5.74. The predicted molar refractivity (Wildman–Crippen MR) is 91.5 cm³/mol. The van der Waals surface area contributed by atoms with Crippen LogP contribution in [0.3, 0.4) is 0 Å². The molecular weight excluding hydrogens is 294 g/mol. The molecule has 2 N–H and O–H groups in total. The highest BCUT2D eigenvalue weighted by Crippen LogP contribution is 2.17. The van der Waals surface area contributed by atoms with Gasteiger partial charge in [0.15, 0.2) is 0 Å². The summed E-state index contributed by atoms with van der Waals surface area (Å²) in [5.41, 5.74) is -1.11. The molecule has 0 unspecified atom stereocenters. The normalized spacial score (nSPS) is 16.6. The maximum atomic E-state index is 12.3. The van der Waals surface area contributed by atoms with Crippen LogP contribution in [0.1, 0.15) is 66.7 Å². The Morgan fingerprint density at radius 1 is 1.09 bits per heavy atom. The topological polar surface area (TPSA) is 70.7 Å². The fourth-order valence-electron chi connectivity index (χ4n) is 2.82. The lowest BCUT2D eigenvalue weighted by atomic mass is 9.96. The highest BCUT2D eigenvalue weighted by atomic mass is 16.6. The predicted octanol–water partition coefficient (Wildman–Crippen LogP) is 3.26. The summed E-state index contributed by atoms with van der Waals surface area (Å²) >= 11 is 0. The number of hydrogen-bond acceptors (Lipinski definition) is 3. The summed E-state index contributed by atoms with van der Waals surface area (Å²) in [6.45, 7) is 9.63. The Kier molecular flexibility index (Phi) is 6.71. The van der Waals surface area contributed by atoms with Gasteiger partial charge in [0.2, 0.25) is 0 Å². The van der Waals surface area contributed by atoms with Crippen LogP contribution >= 0.6 is 0 Å². The number of ether oxygens (including phenoxy) is 1. The molecule has 0 heterocycles. The summed E-state index contributed by atoms with van der Waals surface area (Å²) in [6, 6.07) is 0.191. The van der Waals surface area contributed by atoms with Gasteiger partial charge in [-0.25, -0.2) is 9.59 Å². The Morgan fingerprint density at radius 2 is 1.65 bits per heavy atom. The zero-order valence-corrected chi connectivity index (χ0v) is 15.5. The van der Waals surface area contributed by atoms with E-state index < -0.39 is 17.2 Å². The first-order valence-electron chi connectivity index (χ1n) is 8.51. The van der Waals surface area contributed by atoms with Gasteiger partial charge in [0.25, 0.3) is 0 Å². The summed E-state index contributed by atoms with van der Waals surface area (Å²) in [7, 11) is 1.75. The van der Waals surface area contributed by atoms with E-state index in [1.165, 1.54) is 19.3 Å². The number of alkyl carbamates (subject to hydrolysis) is 1. The molecule has 0 atom stereocenters. The molecule has 0 bridgehead atoms. The molecule has 0 aliphatic heterocycles. The molecule has 23 heavy (non-hydrogen) atoms. The number of urea groups is 1. The van der Waals surface area contributed by atoms with E-state index in [1.807, 2.05) is 34.6 Å². The van der Waals surface area contributed by atoms with Crippen LogP contribution in [0.15, 0.2) is 0 Å². The monoisotopic (exact) mass is 327 g/mol. The third kappa shape index (κ3) is 8.09. The van der Waals surface area contributed by atoms with Gasteiger partial charge in [0.1, 0.15) is 5.60 Å². The van der Waals surface area contributed by atoms with Gasteiger partial charge in [-0.15, -0.1) is 0 Å². The standard InChI is InChI=1S/C17H33N3O3/c1-16(2,3)23-15(22)19-17(4,5)12-20(6)14(21)18-13-10-8-7-9-11-13/h13H,7-12H2,1-6H3,(H,18,21)(H,19,22). The molecule has 0 radical (unpaired) electrons. The second kappa shape index (κ2) is 7.88. The Morgan fingerprint density at radius 3 is 2.17 bits per heavy atom. The SMILES string of the molecule is CN(CC(C)(C)NC(=O)OC(C)(C)C)C(=O)NC1CCCCC1. The fourth-order valence-corrected chi connectivity index (χ4v) is 2.82. The van der Waals surface area contributed by atoms with Crippen molar-refractivity contribution in [3.8, 4) is 0 Å². The molecule has 0 aromatic heterocycles. The minimum Gasteiger partial charge on any atom is -0.444 e. The quantitative estimate of drug-likeness (QED) is 0.832. The highest BCUT2D eigenvalue weighted by Gasteiger charge is 2.28. The molecule has 0 aromatic rings. The van der Waals surface area contributed by atoms with Gasteiger partial charge in [0.05, 0.1) is 5.54 Å². The molecule has 1 aliphatic carbocycles. The number of carbonyl (C=O) groups excluding carboxylic acids is 2. The van der Waals surface area contributed by atoms with Crippen molar-refractivity contribution in [2.75, 3.05) is 13.6 Å². The number of amides is 3. The molecule has 1 saturated carbocycles. The number of carbonyl (C=O) groups is 2. The van der Waals surface area contributed by atoms with Gasteiger partial charge in [0, 0.05) is 19.6 Å². The molecule has 0 saturated heterocycles. The fraction of sp³-hybridized carbons (Fsp3) is 0.882. The van der Waals surface area contributed by atoms with Crippen LogP contribution in [0.2, 0.25) is 0 Å². The lowest BCUT2D eigenvalue weighted by Gasteiger charge is -2.33. The number of likely N-dealkylation sites (N-methyl/N-ethyl adjacent to an activating group) is 1. The molecule has 1 fully saturated rings. The smallest absolute Gasteiger partial charge is 0.408 e. The second-order valence-corrected chi connectivity index (χ2v) is 8.15. The first kappa shape index (κ1) is 19.6. The second-order valence-electron chi connectivity index (χ2n) is 8.15. The maximum absolute atomic E-state index is 12.3. The summed E-state index contributed by atoms with van der Waals surface area (Å²) in [6.07, 6.45) is 5.26. The largest absolute Gasteiger partial charge is 0.444 e. The van der Waals surface area contributed by atoms with E-state index >= 15 is 0 Å². The van der Waals surface area contributed by atoms with Gasteiger partial charge in [-0.2, -0.15) is 0 Å². The minimum absolute atomic E-state index is 0.0871. The van der Waals surface area contributed by atoms with E-state index in [4.69, 9.17) is 4.74 Å². The molecule has 1 aliphatic rings. The van der Waals surface area contributed by atoms with E-state index in [1.54, 1.807) is 11.9 Å². The number of nitrogens with zero attached hydrogens (tertiary/aromatic N) is 1. The van der Waals surface area contributed by atoms with E-state index in [9.17, 15) is 9.59 Å². The van der Waals surface area contributed by atoms with Gasteiger partial charge in [-0.1, -0.05) is 19.3 Å². The van der Waals surface area contributed by atoms with Gasteiger partial charge in [-0.3, -0.25) is 0 Å². The van der Waals surface area contributed by atoms with E-state index in [0.29, 0.717) is 6.54 Å². The van der Waals surface area contributed by atoms with E-state index in [-0.39, 0.29) is 12.1 Å². The zero-order valence-electron chi connectivity index (χ0n) is 15.5. The Bertz CT molecular complexity index is 410. The van der Waals surface area contributed by atoms with E-state index in [2.05, 4.69) is 10.6 Å². The number of rotatable bonds is 4. The summed E-state index contributed by atoms with van der Waals surface area (Å²) in [4.78, 5) is 25.8. The van der Waals surface area contributed by atoms with Crippen molar-refractivity contribution in [1.82, 2.24) is 15.5 Å². The van der Waals surface area contributed by atoms with Crippen molar-refractivity contribution < 1.29 is 14.3 Å². The average Bonchev–Trinajstić information content (AvgIpc) is 2.35. The molecule has 6 heteroatoms. The van der Waals surface area contributed by atoms with Crippen LogP contribution in [0.5, 0.6) is 0 Å². The average molecular weight is 327 g/mol. The first-order chi connectivity index (χ1) is 10.5. The first-order valence-corrected chi connectivity index (χ1v) is 8.51. The summed E-state index contributed by atoms with van der Waals surface area (Å²) < 4.78 is 5.27.